The second-order valence-electron chi connectivity index (χ2n) is 5.97. The molecule has 1 heterocycles. The molecule has 0 bridgehead atoms. The summed E-state index contributed by atoms with van der Waals surface area (Å²) in [5.41, 5.74) is 7.23. The van der Waals surface area contributed by atoms with Gasteiger partial charge in [0, 0.05) is 13.1 Å². The Morgan fingerprint density at radius 3 is 2.26 bits per heavy atom. The lowest BCUT2D eigenvalue weighted by atomic mass is 9.87. The van der Waals surface area contributed by atoms with Gasteiger partial charge in [-0.3, -0.25) is 0 Å². The van der Waals surface area contributed by atoms with Crippen molar-refractivity contribution in [1.29, 1.82) is 0 Å². The Morgan fingerprint density at radius 1 is 1.09 bits per heavy atom. The molecule has 1 heteroatoms. The summed E-state index contributed by atoms with van der Waals surface area (Å²) in [6, 6.07) is 8.76. The maximum atomic E-state index is 2.42. The molecule has 0 aromatic heterocycles. The van der Waals surface area contributed by atoms with Gasteiger partial charge >= 0.3 is 0 Å². The zero-order chi connectivity index (χ0) is 17.2. The van der Waals surface area contributed by atoms with Gasteiger partial charge < -0.3 is 4.90 Å². The highest BCUT2D eigenvalue weighted by Gasteiger charge is 2.17. The van der Waals surface area contributed by atoms with Gasteiger partial charge in [-0.2, -0.15) is 0 Å². The van der Waals surface area contributed by atoms with Crippen LogP contribution in [0.2, 0.25) is 0 Å². The third-order valence-electron chi connectivity index (χ3n) is 4.29. The summed E-state index contributed by atoms with van der Waals surface area (Å²) >= 11 is 0. The van der Waals surface area contributed by atoms with Crippen LogP contribution in [0.25, 0.3) is 5.57 Å². The van der Waals surface area contributed by atoms with Crippen molar-refractivity contribution in [2.45, 2.75) is 47.5 Å². The zero-order valence-corrected chi connectivity index (χ0v) is 15.8. The lowest BCUT2D eigenvalue weighted by Crippen LogP contribution is -2.27. The van der Waals surface area contributed by atoms with Crippen molar-refractivity contribution in [1.82, 2.24) is 4.90 Å². The number of allylic oxidation sites excluding steroid dienone is 5. The Labute approximate surface area is 143 Å². The first kappa shape index (κ1) is 19.4. The third kappa shape index (κ3) is 5.51. The normalized spacial score (nSPS) is 16.3. The van der Waals surface area contributed by atoms with Crippen LogP contribution in [0.15, 0.2) is 53.6 Å². The van der Waals surface area contributed by atoms with Crippen LogP contribution in [-0.4, -0.2) is 25.0 Å². The van der Waals surface area contributed by atoms with Crippen LogP contribution in [-0.2, 0) is 0 Å². The molecule has 1 saturated heterocycles. The van der Waals surface area contributed by atoms with Crippen molar-refractivity contribution in [3.8, 4) is 0 Å². The van der Waals surface area contributed by atoms with Crippen molar-refractivity contribution >= 4 is 5.57 Å². The largest absolute Gasteiger partial charge is 0.306 e. The van der Waals surface area contributed by atoms with Gasteiger partial charge in [-0.1, -0.05) is 61.9 Å². The molecule has 1 fully saturated rings. The molecule has 0 saturated carbocycles. The molecule has 0 N–H and O–H groups in total. The SMILES string of the molecule is C/C=C\C=C(/C)C(=C1CCN(C)CC1)c1ccccc1C.CC. The Bertz CT molecular complexity index is 565. The van der Waals surface area contributed by atoms with Gasteiger partial charge in [0.15, 0.2) is 0 Å². The maximum Gasteiger partial charge on any atom is 0.00160 e. The van der Waals surface area contributed by atoms with E-state index >= 15 is 0 Å². The van der Waals surface area contributed by atoms with Crippen molar-refractivity contribution in [3.63, 3.8) is 0 Å². The van der Waals surface area contributed by atoms with Gasteiger partial charge in [0.25, 0.3) is 0 Å². The van der Waals surface area contributed by atoms with E-state index in [0.29, 0.717) is 0 Å². The summed E-state index contributed by atoms with van der Waals surface area (Å²) in [4.78, 5) is 2.42. The predicted molar refractivity (Wildman–Crippen MR) is 105 cm³/mol. The molecular weight excluding hydrogens is 278 g/mol. The molecule has 0 unspecified atom stereocenters. The van der Waals surface area contributed by atoms with Crippen LogP contribution in [0.1, 0.15) is 51.7 Å². The summed E-state index contributed by atoms with van der Waals surface area (Å²) in [5, 5.41) is 0. The lowest BCUT2D eigenvalue weighted by Gasteiger charge is -2.27. The molecule has 1 aliphatic rings. The van der Waals surface area contributed by atoms with Crippen LogP contribution < -0.4 is 0 Å². The van der Waals surface area contributed by atoms with Crippen molar-refractivity contribution in [2.75, 3.05) is 20.1 Å². The van der Waals surface area contributed by atoms with Crippen molar-refractivity contribution in [3.05, 3.63) is 64.8 Å². The molecule has 2 rings (SSSR count). The number of likely N-dealkylation sites (tertiary alicyclic amines) is 1. The fraction of sp³-hybridized carbons (Fsp3) is 0.455. The van der Waals surface area contributed by atoms with E-state index in [0.717, 1.165) is 0 Å². The van der Waals surface area contributed by atoms with E-state index in [2.05, 4.69) is 75.2 Å². The van der Waals surface area contributed by atoms with Crippen LogP contribution in [0.3, 0.4) is 0 Å². The number of aryl methyl sites for hydroxylation is 1. The molecule has 126 valence electrons. The highest BCUT2D eigenvalue weighted by atomic mass is 15.1. The summed E-state index contributed by atoms with van der Waals surface area (Å²) in [7, 11) is 2.22. The Hall–Kier alpha value is -1.60. The van der Waals surface area contributed by atoms with E-state index in [1.54, 1.807) is 5.57 Å². The van der Waals surface area contributed by atoms with Gasteiger partial charge in [0.2, 0.25) is 0 Å². The molecule has 0 amide bonds. The summed E-state index contributed by atoms with van der Waals surface area (Å²) < 4.78 is 0. The highest BCUT2D eigenvalue weighted by molar-refractivity contribution is 5.82. The molecule has 1 aromatic carbocycles. The predicted octanol–water partition coefficient (Wildman–Crippen LogP) is 6.02. The molecule has 0 atom stereocenters. The van der Waals surface area contributed by atoms with Crippen LogP contribution >= 0.6 is 0 Å². The minimum Gasteiger partial charge on any atom is -0.306 e. The number of benzene rings is 1. The van der Waals surface area contributed by atoms with Gasteiger partial charge in [-0.25, -0.2) is 0 Å². The molecule has 0 spiro atoms. The molecule has 1 aliphatic heterocycles. The van der Waals surface area contributed by atoms with E-state index in [4.69, 9.17) is 0 Å². The quantitative estimate of drug-likeness (QED) is 0.617. The van der Waals surface area contributed by atoms with Gasteiger partial charge in [0.1, 0.15) is 0 Å². The lowest BCUT2D eigenvalue weighted by molar-refractivity contribution is 0.313. The van der Waals surface area contributed by atoms with Gasteiger partial charge in [0.05, 0.1) is 0 Å². The average Bonchev–Trinajstić information content (AvgIpc) is 2.58. The smallest absolute Gasteiger partial charge is 0.00160 e. The summed E-state index contributed by atoms with van der Waals surface area (Å²) in [6.45, 7) is 12.9. The average molecular weight is 312 g/mol. The molecule has 23 heavy (non-hydrogen) atoms. The molecular formula is C22H33N. The van der Waals surface area contributed by atoms with Crippen LogP contribution in [0.4, 0.5) is 0 Å². The van der Waals surface area contributed by atoms with E-state index in [9.17, 15) is 0 Å². The first-order valence-corrected chi connectivity index (χ1v) is 8.90. The molecule has 0 radical (unpaired) electrons. The van der Waals surface area contributed by atoms with Gasteiger partial charge in [-0.05, 0) is 62.9 Å². The van der Waals surface area contributed by atoms with E-state index in [1.165, 1.54) is 48.2 Å². The monoisotopic (exact) mass is 311 g/mol. The second-order valence-corrected chi connectivity index (χ2v) is 5.97. The Kier molecular flexibility index (Phi) is 8.65. The second kappa shape index (κ2) is 10.2. The zero-order valence-electron chi connectivity index (χ0n) is 15.8. The summed E-state index contributed by atoms with van der Waals surface area (Å²) in [6.07, 6.45) is 8.84. The van der Waals surface area contributed by atoms with E-state index in [-0.39, 0.29) is 0 Å². The van der Waals surface area contributed by atoms with Gasteiger partial charge in [-0.15, -0.1) is 0 Å². The number of hydrogen-bond acceptors (Lipinski definition) is 1. The first-order chi connectivity index (χ1) is 11.1. The maximum absolute atomic E-state index is 2.42. The number of nitrogens with zero attached hydrogens (tertiary/aromatic N) is 1. The standard InChI is InChI=1S/C20H27N.C2H6/c1-5-6-9-17(3)20(18-12-14-21(4)15-13-18)19-11-8-7-10-16(19)2;1-2/h5-11H,12-15H2,1-4H3;1-2H3/b6-5-,17-9+;. The fourth-order valence-electron chi connectivity index (χ4n) is 3.00. The number of piperidine rings is 1. The van der Waals surface area contributed by atoms with Crippen molar-refractivity contribution < 1.29 is 0 Å². The van der Waals surface area contributed by atoms with Crippen LogP contribution in [0, 0.1) is 6.92 Å². The topological polar surface area (TPSA) is 3.24 Å². The van der Waals surface area contributed by atoms with Crippen molar-refractivity contribution in [2.24, 2.45) is 0 Å². The number of hydrogen-bond donors (Lipinski definition) is 0. The highest BCUT2D eigenvalue weighted by Crippen LogP contribution is 2.33. The molecule has 0 aliphatic carbocycles. The minimum atomic E-state index is 1.17. The fourth-order valence-corrected chi connectivity index (χ4v) is 3.00. The van der Waals surface area contributed by atoms with E-state index < -0.39 is 0 Å². The Balaban J connectivity index is 0.00000127. The Morgan fingerprint density at radius 2 is 1.70 bits per heavy atom. The third-order valence-corrected chi connectivity index (χ3v) is 4.29. The summed E-state index contributed by atoms with van der Waals surface area (Å²) in [5.74, 6) is 0. The van der Waals surface area contributed by atoms with Crippen LogP contribution in [0.5, 0.6) is 0 Å². The first-order valence-electron chi connectivity index (χ1n) is 8.90. The van der Waals surface area contributed by atoms with E-state index in [1.807, 2.05) is 13.8 Å². The number of rotatable bonds is 3. The molecule has 1 nitrogen and oxygen atoms in total. The molecule has 1 aromatic rings. The minimum absolute atomic E-state index is 1.17.